The maximum atomic E-state index is 12.3. The van der Waals surface area contributed by atoms with E-state index >= 15 is 0 Å². The zero-order valence-electron chi connectivity index (χ0n) is 14.3. The van der Waals surface area contributed by atoms with E-state index in [0.717, 1.165) is 11.2 Å². The van der Waals surface area contributed by atoms with Crippen LogP contribution < -0.4 is 0 Å². The van der Waals surface area contributed by atoms with Gasteiger partial charge in [0.05, 0.1) is 23.8 Å². The highest BCUT2D eigenvalue weighted by molar-refractivity contribution is 7.86. The van der Waals surface area contributed by atoms with Crippen molar-refractivity contribution in [3.8, 4) is 0 Å². The number of carbonyl (C=O) groups excluding carboxylic acids is 1. The van der Waals surface area contributed by atoms with Crippen LogP contribution in [-0.2, 0) is 30.4 Å². The zero-order valence-corrected chi connectivity index (χ0v) is 15.1. The van der Waals surface area contributed by atoms with E-state index in [9.17, 15) is 33.2 Å². The highest BCUT2D eigenvalue weighted by atomic mass is 32.2. The molecule has 27 heavy (non-hydrogen) atoms. The van der Waals surface area contributed by atoms with Crippen LogP contribution in [0.5, 0.6) is 0 Å². The summed E-state index contributed by atoms with van der Waals surface area (Å²) >= 11 is 0. The Balaban J connectivity index is 1.98. The molecule has 1 aromatic rings. The van der Waals surface area contributed by atoms with Crippen LogP contribution in [0.1, 0.15) is 18.4 Å². The number of nitro benzene ring substituents is 1. The highest BCUT2D eigenvalue weighted by Gasteiger charge is 2.38. The van der Waals surface area contributed by atoms with Crippen LogP contribution in [0.15, 0.2) is 24.3 Å². The van der Waals surface area contributed by atoms with Gasteiger partial charge in [-0.25, -0.2) is 9.59 Å². The molecule has 2 atom stereocenters. The Labute approximate surface area is 154 Å². The molecule has 148 valence electrons. The molecule has 0 radical (unpaired) electrons. The number of benzene rings is 1. The molecule has 2 rings (SSSR count). The lowest BCUT2D eigenvalue weighted by atomic mass is 10.0. The second-order valence-corrected chi connectivity index (χ2v) is 7.58. The first-order chi connectivity index (χ1) is 12.6. The average Bonchev–Trinajstić information content (AvgIpc) is 2.58. The molecule has 12 heteroatoms. The lowest BCUT2D eigenvalue weighted by Crippen LogP contribution is -2.53. The van der Waals surface area contributed by atoms with E-state index in [-0.39, 0.29) is 31.7 Å². The molecule has 0 saturated carbocycles. The summed E-state index contributed by atoms with van der Waals surface area (Å²) in [5.74, 6) is -0.784. The van der Waals surface area contributed by atoms with Crippen molar-refractivity contribution in [2.24, 2.45) is 0 Å². The number of amides is 1. The third-order valence-corrected chi connectivity index (χ3v) is 4.52. The van der Waals surface area contributed by atoms with Crippen LogP contribution in [0.3, 0.4) is 0 Å². The number of ether oxygens (including phenoxy) is 1. The van der Waals surface area contributed by atoms with Gasteiger partial charge in [-0.05, 0) is 30.5 Å². The Morgan fingerprint density at radius 1 is 1.30 bits per heavy atom. The molecule has 1 saturated heterocycles. The van der Waals surface area contributed by atoms with Crippen LogP contribution in [0, 0.1) is 10.1 Å². The molecule has 0 bridgehead atoms. The maximum Gasteiger partial charge on any atom is 0.408 e. The number of carbonyl (C=O) groups is 2. The largest absolute Gasteiger partial charge is 0.465 e. The van der Waals surface area contributed by atoms with Gasteiger partial charge >= 0.3 is 12.1 Å². The topological polar surface area (TPSA) is 153 Å². The molecule has 0 aliphatic carbocycles. The number of piperidine rings is 1. The molecule has 1 aromatic carbocycles. The smallest absolute Gasteiger partial charge is 0.408 e. The van der Waals surface area contributed by atoms with Gasteiger partial charge in [-0.15, -0.1) is 0 Å². The fraction of sp³-hybridized carbons (Fsp3) is 0.467. The van der Waals surface area contributed by atoms with E-state index in [1.165, 1.54) is 24.3 Å². The summed E-state index contributed by atoms with van der Waals surface area (Å²) < 4.78 is 32.3. The second-order valence-electron chi connectivity index (χ2n) is 5.98. The predicted octanol–water partition coefficient (Wildman–Crippen LogP) is 1.13. The van der Waals surface area contributed by atoms with E-state index in [4.69, 9.17) is 8.92 Å². The fourth-order valence-corrected chi connectivity index (χ4v) is 3.34. The van der Waals surface area contributed by atoms with E-state index < -0.39 is 39.2 Å². The summed E-state index contributed by atoms with van der Waals surface area (Å²) in [6, 6.07) is 4.30. The quantitative estimate of drug-likeness (QED) is 0.319. The second kappa shape index (κ2) is 8.31. The van der Waals surface area contributed by atoms with Crippen molar-refractivity contribution >= 4 is 27.9 Å². The molecule has 0 unspecified atom stereocenters. The lowest BCUT2D eigenvalue weighted by Gasteiger charge is -2.35. The Bertz CT molecular complexity index is 822. The Kier molecular flexibility index (Phi) is 6.33. The average molecular weight is 402 g/mol. The van der Waals surface area contributed by atoms with Crippen molar-refractivity contribution in [2.75, 3.05) is 12.8 Å². The minimum atomic E-state index is -3.75. The van der Waals surface area contributed by atoms with Crippen molar-refractivity contribution < 1.29 is 37.0 Å². The summed E-state index contributed by atoms with van der Waals surface area (Å²) in [6.07, 6.45) is -1.17. The third-order valence-electron chi connectivity index (χ3n) is 3.90. The normalized spacial score (nSPS) is 20.1. The number of carboxylic acid groups (broad SMARTS) is 1. The summed E-state index contributed by atoms with van der Waals surface area (Å²) in [6.45, 7) is -0.455. The number of nitrogens with zero attached hydrogens (tertiary/aromatic N) is 2. The molecule has 1 fully saturated rings. The van der Waals surface area contributed by atoms with Crippen LogP contribution in [0.4, 0.5) is 10.5 Å². The monoisotopic (exact) mass is 402 g/mol. The first-order valence-corrected chi connectivity index (χ1v) is 9.66. The first kappa shape index (κ1) is 20.6. The van der Waals surface area contributed by atoms with Crippen molar-refractivity contribution in [3.63, 3.8) is 0 Å². The van der Waals surface area contributed by atoms with Gasteiger partial charge in [0.25, 0.3) is 15.8 Å². The summed E-state index contributed by atoms with van der Waals surface area (Å²) in [5.41, 5.74) is 0.399. The molecule has 0 spiro atoms. The number of hydrogen-bond acceptors (Lipinski definition) is 8. The molecule has 1 heterocycles. The standard InChI is InChI=1S/C15H18N2O9S/c1-27(23,24)26-12-6-7-13(16(8-12)15(19)20)14(18)25-9-10-2-4-11(5-3-10)17(21)22/h2-5,12-13H,6-9H2,1H3,(H,19,20)/t12-,13-/m1/s1. The van der Waals surface area contributed by atoms with Gasteiger partial charge in [0, 0.05) is 12.1 Å². The number of rotatable bonds is 6. The highest BCUT2D eigenvalue weighted by Crippen LogP contribution is 2.22. The van der Waals surface area contributed by atoms with Crippen LogP contribution in [0.25, 0.3) is 0 Å². The van der Waals surface area contributed by atoms with Gasteiger partial charge in [-0.3, -0.25) is 19.2 Å². The number of esters is 1. The minimum Gasteiger partial charge on any atom is -0.465 e. The van der Waals surface area contributed by atoms with Gasteiger partial charge in [0.1, 0.15) is 12.6 Å². The Hall–Kier alpha value is -2.73. The van der Waals surface area contributed by atoms with Crippen LogP contribution in [-0.4, -0.2) is 60.4 Å². The summed E-state index contributed by atoms with van der Waals surface area (Å²) in [4.78, 5) is 34.5. The summed E-state index contributed by atoms with van der Waals surface area (Å²) in [5, 5.41) is 19.9. The van der Waals surface area contributed by atoms with Crippen molar-refractivity contribution in [1.29, 1.82) is 0 Å². The molecule has 1 amide bonds. The van der Waals surface area contributed by atoms with Gasteiger partial charge in [0.15, 0.2) is 0 Å². The predicted molar refractivity (Wildman–Crippen MR) is 90.4 cm³/mol. The van der Waals surface area contributed by atoms with E-state index in [0.29, 0.717) is 5.56 Å². The zero-order chi connectivity index (χ0) is 20.2. The van der Waals surface area contributed by atoms with Crippen LogP contribution >= 0.6 is 0 Å². The maximum absolute atomic E-state index is 12.3. The fourth-order valence-electron chi connectivity index (χ4n) is 2.68. The molecule has 11 nitrogen and oxygen atoms in total. The van der Waals surface area contributed by atoms with Gasteiger partial charge in [-0.2, -0.15) is 8.42 Å². The lowest BCUT2D eigenvalue weighted by molar-refractivity contribution is -0.384. The van der Waals surface area contributed by atoms with Crippen LogP contribution in [0.2, 0.25) is 0 Å². The molecule has 1 aliphatic heterocycles. The molecule has 1 aliphatic rings. The number of non-ortho nitro benzene ring substituents is 1. The Morgan fingerprint density at radius 3 is 2.44 bits per heavy atom. The molecular formula is C15H18N2O9S. The molecule has 1 N–H and O–H groups in total. The van der Waals surface area contributed by atoms with Crippen molar-refractivity contribution in [1.82, 2.24) is 4.90 Å². The minimum absolute atomic E-state index is 0.0472. The third kappa shape index (κ3) is 5.89. The van der Waals surface area contributed by atoms with Crippen molar-refractivity contribution in [2.45, 2.75) is 31.6 Å². The van der Waals surface area contributed by atoms with Gasteiger partial charge < -0.3 is 9.84 Å². The van der Waals surface area contributed by atoms with Gasteiger partial charge in [0.2, 0.25) is 0 Å². The Morgan fingerprint density at radius 2 is 1.93 bits per heavy atom. The number of nitro groups is 1. The van der Waals surface area contributed by atoms with Crippen molar-refractivity contribution in [3.05, 3.63) is 39.9 Å². The van der Waals surface area contributed by atoms with E-state index in [1.807, 2.05) is 0 Å². The number of hydrogen-bond donors (Lipinski definition) is 1. The van der Waals surface area contributed by atoms with E-state index in [1.54, 1.807) is 0 Å². The van der Waals surface area contributed by atoms with Gasteiger partial charge in [-0.1, -0.05) is 0 Å². The first-order valence-electron chi connectivity index (χ1n) is 7.84. The summed E-state index contributed by atoms with van der Waals surface area (Å²) in [7, 11) is -3.75. The van der Waals surface area contributed by atoms with E-state index in [2.05, 4.69) is 0 Å². The number of likely N-dealkylation sites (tertiary alicyclic amines) is 1. The molecular weight excluding hydrogens is 384 g/mol. The SMILES string of the molecule is CS(=O)(=O)O[C@@H]1CC[C@H](C(=O)OCc2ccc([N+](=O)[O-])cc2)N(C(=O)O)C1. The molecule has 0 aromatic heterocycles.